The fourth-order valence-electron chi connectivity index (χ4n) is 7.00. The molecule has 7 atom stereocenters. The Labute approximate surface area is 181 Å². The van der Waals surface area contributed by atoms with Crippen molar-refractivity contribution in [1.82, 2.24) is 0 Å². The number of rotatable bonds is 2. The van der Waals surface area contributed by atoms with Crippen molar-refractivity contribution in [1.29, 1.82) is 0 Å². The van der Waals surface area contributed by atoms with E-state index in [4.69, 9.17) is 0 Å². The van der Waals surface area contributed by atoms with Gasteiger partial charge in [0, 0.05) is 48.0 Å². The maximum absolute atomic E-state index is 12.8. The maximum Gasteiger partial charge on any atom is 0.186 e. The van der Waals surface area contributed by atoms with Crippen LogP contribution in [0.1, 0.15) is 66.2 Å². The first-order valence-electron chi connectivity index (χ1n) is 10.7. The molecule has 0 aromatic heterocycles. The molecular formula is C23H30O4S2. The van der Waals surface area contributed by atoms with Gasteiger partial charge in [-0.3, -0.25) is 19.2 Å². The molecule has 6 heteroatoms. The Balaban J connectivity index is 1.81. The van der Waals surface area contributed by atoms with Crippen LogP contribution in [0.5, 0.6) is 0 Å². The van der Waals surface area contributed by atoms with Gasteiger partial charge in [0.05, 0.1) is 0 Å². The van der Waals surface area contributed by atoms with Gasteiger partial charge < -0.3 is 0 Å². The lowest BCUT2D eigenvalue weighted by Gasteiger charge is -2.60. The third-order valence-corrected chi connectivity index (χ3v) is 10.8. The highest BCUT2D eigenvalue weighted by molar-refractivity contribution is 8.14. The van der Waals surface area contributed by atoms with Crippen molar-refractivity contribution < 1.29 is 19.2 Å². The standard InChI is InChI=1S/C23H30O4S2/c1-12(24)28-18-10-14-9-15(26)11-20(29-13(2)25)23(14,4)17-7-8-22(3)16(21(17)18)5-6-19(22)27/h9,16-18,20-21H,5-8,10-11H2,1-4H3/t16-,17-,18+,20-,21-,22-,23-/m0/s1. The van der Waals surface area contributed by atoms with Crippen LogP contribution in [-0.2, 0) is 19.2 Å². The summed E-state index contributed by atoms with van der Waals surface area (Å²) in [6, 6.07) is 0. The Kier molecular flexibility index (Phi) is 5.42. The summed E-state index contributed by atoms with van der Waals surface area (Å²) in [7, 11) is 0. The molecule has 3 saturated carbocycles. The van der Waals surface area contributed by atoms with Gasteiger partial charge in [0.15, 0.2) is 16.0 Å². The summed E-state index contributed by atoms with van der Waals surface area (Å²) >= 11 is 2.72. The minimum absolute atomic E-state index is 0.0512. The second-order valence-electron chi connectivity index (χ2n) is 9.78. The SMILES string of the molecule is CC(=O)S[C@H]1CC(=O)C=C2C[C@@H](SC(C)=O)[C@@H]3[C@H](CC[C@]4(C)C(=O)CC[C@@H]34)[C@]21C. The first-order valence-corrected chi connectivity index (χ1v) is 12.4. The van der Waals surface area contributed by atoms with Gasteiger partial charge in [-0.25, -0.2) is 0 Å². The lowest BCUT2D eigenvalue weighted by molar-refractivity contribution is -0.132. The molecule has 0 spiro atoms. The largest absolute Gasteiger partial charge is 0.299 e. The number of hydrogen-bond donors (Lipinski definition) is 0. The molecule has 0 radical (unpaired) electrons. The summed E-state index contributed by atoms with van der Waals surface area (Å²) in [5.74, 6) is 1.35. The summed E-state index contributed by atoms with van der Waals surface area (Å²) in [5.41, 5.74) is 0.623. The molecule has 0 amide bonds. The molecule has 0 unspecified atom stereocenters. The van der Waals surface area contributed by atoms with Crippen LogP contribution in [0.2, 0.25) is 0 Å². The van der Waals surface area contributed by atoms with Gasteiger partial charge in [-0.15, -0.1) is 0 Å². The topological polar surface area (TPSA) is 68.3 Å². The minimum Gasteiger partial charge on any atom is -0.299 e. The summed E-state index contributed by atoms with van der Waals surface area (Å²) in [5, 5.41) is 0.219. The zero-order valence-electron chi connectivity index (χ0n) is 17.7. The average Bonchev–Trinajstić information content (AvgIpc) is 2.91. The van der Waals surface area contributed by atoms with E-state index in [1.165, 1.54) is 23.5 Å². The van der Waals surface area contributed by atoms with Crippen LogP contribution in [0, 0.1) is 28.6 Å². The van der Waals surface area contributed by atoms with E-state index in [1.807, 2.05) is 6.08 Å². The zero-order valence-corrected chi connectivity index (χ0v) is 19.3. The Morgan fingerprint density at radius 3 is 2.34 bits per heavy atom. The number of ketones is 2. The van der Waals surface area contributed by atoms with Gasteiger partial charge in [-0.1, -0.05) is 42.9 Å². The van der Waals surface area contributed by atoms with Crippen LogP contribution in [0.4, 0.5) is 0 Å². The van der Waals surface area contributed by atoms with Crippen molar-refractivity contribution in [2.24, 2.45) is 28.6 Å². The molecule has 0 aromatic carbocycles. The molecule has 158 valence electrons. The summed E-state index contributed by atoms with van der Waals surface area (Å²) in [6.07, 6.45) is 6.28. The molecule has 0 saturated heterocycles. The van der Waals surface area contributed by atoms with E-state index >= 15 is 0 Å². The number of allylic oxidation sites excluding steroid dienone is 1. The summed E-state index contributed by atoms with van der Waals surface area (Å²) in [4.78, 5) is 49.4. The zero-order chi connectivity index (χ0) is 21.1. The van der Waals surface area contributed by atoms with Crippen molar-refractivity contribution in [3.05, 3.63) is 11.6 Å². The minimum atomic E-state index is -0.276. The van der Waals surface area contributed by atoms with E-state index in [1.54, 1.807) is 13.8 Å². The number of thioether (sulfide) groups is 2. The van der Waals surface area contributed by atoms with Gasteiger partial charge in [0.25, 0.3) is 0 Å². The normalized spacial score (nSPS) is 43.9. The third-order valence-electron chi connectivity index (χ3n) is 8.37. The predicted octanol–water partition coefficient (Wildman–Crippen LogP) is 4.60. The van der Waals surface area contributed by atoms with Crippen LogP contribution in [0.25, 0.3) is 0 Å². The number of carbonyl (C=O) groups is 4. The lowest BCUT2D eigenvalue weighted by Crippen LogP contribution is -2.58. The van der Waals surface area contributed by atoms with Gasteiger partial charge in [-0.05, 0) is 49.5 Å². The highest BCUT2D eigenvalue weighted by Gasteiger charge is 2.63. The molecule has 0 heterocycles. The Hall–Kier alpha value is -0.880. The molecule has 4 nitrogen and oxygen atoms in total. The monoisotopic (exact) mass is 434 g/mol. The Morgan fingerprint density at radius 2 is 1.69 bits per heavy atom. The molecule has 3 fully saturated rings. The van der Waals surface area contributed by atoms with Crippen molar-refractivity contribution in [2.45, 2.75) is 76.7 Å². The number of Topliss-reactive ketones (excluding diaryl/α,β-unsaturated/α-hetero) is 1. The van der Waals surface area contributed by atoms with Crippen LogP contribution in [-0.4, -0.2) is 32.3 Å². The van der Waals surface area contributed by atoms with E-state index in [9.17, 15) is 19.2 Å². The fraction of sp³-hybridized carbons (Fsp3) is 0.739. The maximum atomic E-state index is 12.8. The van der Waals surface area contributed by atoms with E-state index in [2.05, 4.69) is 13.8 Å². The molecule has 0 bridgehead atoms. The number of carbonyl (C=O) groups excluding carboxylic acids is 4. The van der Waals surface area contributed by atoms with Gasteiger partial charge in [-0.2, -0.15) is 0 Å². The molecule has 4 aliphatic carbocycles. The molecule has 4 aliphatic rings. The van der Waals surface area contributed by atoms with Crippen LogP contribution >= 0.6 is 23.5 Å². The first kappa shape index (κ1) is 21.4. The van der Waals surface area contributed by atoms with E-state index in [0.29, 0.717) is 36.9 Å². The second-order valence-corrected chi connectivity index (χ2v) is 12.6. The van der Waals surface area contributed by atoms with Gasteiger partial charge in [0.1, 0.15) is 5.78 Å². The van der Waals surface area contributed by atoms with Crippen molar-refractivity contribution in [2.75, 3.05) is 0 Å². The molecule has 0 N–H and O–H groups in total. The number of fused-ring (bicyclic) bond motifs is 5. The van der Waals surface area contributed by atoms with Gasteiger partial charge in [0.2, 0.25) is 0 Å². The Bertz CT molecular complexity index is 818. The average molecular weight is 435 g/mol. The highest BCUT2D eigenvalue weighted by Crippen LogP contribution is 2.67. The Morgan fingerprint density at radius 1 is 1.00 bits per heavy atom. The third kappa shape index (κ3) is 3.29. The molecule has 0 aliphatic heterocycles. The predicted molar refractivity (Wildman–Crippen MR) is 117 cm³/mol. The van der Waals surface area contributed by atoms with Crippen molar-refractivity contribution in [3.63, 3.8) is 0 Å². The van der Waals surface area contributed by atoms with Crippen molar-refractivity contribution >= 4 is 45.3 Å². The molecular weight excluding hydrogens is 404 g/mol. The van der Waals surface area contributed by atoms with Crippen molar-refractivity contribution in [3.8, 4) is 0 Å². The van der Waals surface area contributed by atoms with Crippen LogP contribution < -0.4 is 0 Å². The van der Waals surface area contributed by atoms with Crippen LogP contribution in [0.3, 0.4) is 0 Å². The first-order chi connectivity index (χ1) is 13.6. The van der Waals surface area contributed by atoms with Crippen LogP contribution in [0.15, 0.2) is 11.6 Å². The molecule has 29 heavy (non-hydrogen) atoms. The molecule has 0 aromatic rings. The quantitative estimate of drug-likeness (QED) is 0.632. The fourth-order valence-corrected chi connectivity index (χ4v) is 9.45. The second kappa shape index (κ2) is 7.37. The lowest BCUT2D eigenvalue weighted by atomic mass is 9.47. The highest BCUT2D eigenvalue weighted by atomic mass is 32.2. The van der Waals surface area contributed by atoms with E-state index in [0.717, 1.165) is 24.8 Å². The van der Waals surface area contributed by atoms with Gasteiger partial charge >= 0.3 is 0 Å². The number of hydrogen-bond acceptors (Lipinski definition) is 6. The summed E-state index contributed by atoms with van der Waals surface area (Å²) < 4.78 is 0. The van der Waals surface area contributed by atoms with E-state index in [-0.39, 0.29) is 43.3 Å². The smallest absolute Gasteiger partial charge is 0.186 e. The van der Waals surface area contributed by atoms with E-state index < -0.39 is 0 Å². The molecule has 4 rings (SSSR count). The summed E-state index contributed by atoms with van der Waals surface area (Å²) in [6.45, 7) is 7.58.